The van der Waals surface area contributed by atoms with Gasteiger partial charge in [-0.2, -0.15) is 0 Å². The van der Waals surface area contributed by atoms with Gasteiger partial charge in [-0.3, -0.25) is 4.98 Å². The average molecular weight is 409 g/mol. The number of hydrogen-bond acceptors (Lipinski definition) is 5. The van der Waals surface area contributed by atoms with Crippen LogP contribution in [0.2, 0.25) is 0 Å². The quantitative estimate of drug-likeness (QED) is 0.528. The van der Waals surface area contributed by atoms with Crippen molar-refractivity contribution in [3.63, 3.8) is 0 Å². The molecule has 0 bridgehead atoms. The van der Waals surface area contributed by atoms with Crippen molar-refractivity contribution in [3.05, 3.63) is 96.4 Å². The Morgan fingerprint density at radius 1 is 1.28 bits per heavy atom. The summed E-state index contributed by atoms with van der Waals surface area (Å²) in [5, 5.41) is 6.69. The molecular weight excluding hydrogens is 384 g/mol. The summed E-state index contributed by atoms with van der Waals surface area (Å²) in [4.78, 5) is 4.17. The lowest BCUT2D eigenvalue weighted by molar-refractivity contribution is 0.615. The largest absolute Gasteiger partial charge is 0.388 e. The number of pyridine rings is 1. The van der Waals surface area contributed by atoms with Crippen LogP contribution >= 0.6 is 11.9 Å². The minimum Gasteiger partial charge on any atom is -0.388 e. The molecule has 2 unspecified atom stereocenters. The molecule has 2 aromatic rings. The summed E-state index contributed by atoms with van der Waals surface area (Å²) in [5.74, 6) is 0.456. The van der Waals surface area contributed by atoms with E-state index in [4.69, 9.17) is 21.9 Å². The van der Waals surface area contributed by atoms with Gasteiger partial charge in [-0.25, -0.2) is 0 Å². The number of allylic oxidation sites excluding steroid dienone is 4. The van der Waals surface area contributed by atoms with E-state index in [0.717, 1.165) is 34.5 Å². The van der Waals surface area contributed by atoms with Crippen molar-refractivity contribution in [3.8, 4) is 5.75 Å². The van der Waals surface area contributed by atoms with Crippen LogP contribution in [0.5, 0.6) is 5.75 Å². The van der Waals surface area contributed by atoms with E-state index in [1.807, 2.05) is 43.5 Å². The third-order valence-corrected chi connectivity index (χ3v) is 4.99. The molecule has 0 spiro atoms. The van der Waals surface area contributed by atoms with Crippen molar-refractivity contribution in [1.29, 1.82) is 0 Å². The van der Waals surface area contributed by atoms with Crippen LogP contribution in [0.25, 0.3) is 0 Å². The number of hydrogen-bond donors (Lipinski definition) is 3. The lowest BCUT2D eigenvalue weighted by Gasteiger charge is -2.28. The topological polar surface area (TPSA) is 72.2 Å². The summed E-state index contributed by atoms with van der Waals surface area (Å²) in [6, 6.07) is 9.16. The Hall–Kier alpha value is -3.02. The maximum Gasteiger partial charge on any atom is 0.166 e. The van der Waals surface area contributed by atoms with Crippen molar-refractivity contribution in [2.75, 3.05) is 17.7 Å². The standard InChI is InChI=1S/C23H25ClN4O/c1-16(22(25)20-11-7-8-12-21(20)26-2)23(17-9-5-3-4-6-10-17)28-18-13-19(29-24)15-27-14-18/h3-5,7-15,22-23,26,28H,1,6,25H2,2H3. The molecule has 150 valence electrons. The molecule has 0 radical (unpaired) electrons. The molecule has 29 heavy (non-hydrogen) atoms. The van der Waals surface area contributed by atoms with Gasteiger partial charge in [-0.15, -0.1) is 0 Å². The normalized spacial score (nSPS) is 15.1. The summed E-state index contributed by atoms with van der Waals surface area (Å²) in [6.45, 7) is 4.36. The van der Waals surface area contributed by atoms with Gasteiger partial charge >= 0.3 is 0 Å². The Balaban J connectivity index is 1.95. The second-order valence-corrected chi connectivity index (χ2v) is 6.84. The van der Waals surface area contributed by atoms with Crippen LogP contribution in [0.4, 0.5) is 11.4 Å². The Morgan fingerprint density at radius 3 is 2.90 bits per heavy atom. The van der Waals surface area contributed by atoms with Crippen molar-refractivity contribution in [2.24, 2.45) is 5.73 Å². The van der Waals surface area contributed by atoms with Gasteiger partial charge in [0.1, 0.15) is 11.9 Å². The SMILES string of the molecule is C=C(C(Nc1cncc(OCl)c1)C1=CCC=CC=C1)C(N)c1ccccc1NC. The highest BCUT2D eigenvalue weighted by Crippen LogP contribution is 2.32. The van der Waals surface area contributed by atoms with Gasteiger partial charge in [0.25, 0.3) is 0 Å². The fourth-order valence-electron chi connectivity index (χ4n) is 3.28. The van der Waals surface area contributed by atoms with Gasteiger partial charge in [0.15, 0.2) is 5.75 Å². The first kappa shape index (κ1) is 20.7. The van der Waals surface area contributed by atoms with Crippen LogP contribution in [0.1, 0.15) is 18.0 Å². The summed E-state index contributed by atoms with van der Waals surface area (Å²) in [7, 11) is 1.88. The fraction of sp³-hybridized carbons (Fsp3) is 0.174. The van der Waals surface area contributed by atoms with E-state index in [1.54, 1.807) is 18.5 Å². The molecular formula is C23H25ClN4O. The van der Waals surface area contributed by atoms with Crippen LogP contribution in [0, 0.1) is 0 Å². The lowest BCUT2D eigenvalue weighted by Crippen LogP contribution is -2.30. The number of para-hydroxylation sites is 1. The second kappa shape index (κ2) is 9.96. The Bertz CT molecular complexity index is 951. The fourth-order valence-corrected chi connectivity index (χ4v) is 3.37. The first-order chi connectivity index (χ1) is 14.1. The molecule has 0 saturated heterocycles. The number of aromatic nitrogens is 1. The summed E-state index contributed by atoms with van der Waals surface area (Å²) >= 11 is 5.49. The smallest absolute Gasteiger partial charge is 0.166 e. The number of benzene rings is 1. The van der Waals surface area contributed by atoms with Gasteiger partial charge in [0.05, 0.1) is 30.2 Å². The molecule has 1 aliphatic carbocycles. The monoisotopic (exact) mass is 408 g/mol. The molecule has 1 aliphatic rings. The van der Waals surface area contributed by atoms with E-state index in [9.17, 15) is 0 Å². The predicted octanol–water partition coefficient (Wildman–Crippen LogP) is 5.14. The van der Waals surface area contributed by atoms with Crippen LogP contribution in [0.15, 0.2) is 90.8 Å². The highest BCUT2D eigenvalue weighted by atomic mass is 35.5. The van der Waals surface area contributed by atoms with E-state index >= 15 is 0 Å². The third kappa shape index (κ3) is 5.08. The third-order valence-electron chi connectivity index (χ3n) is 4.81. The second-order valence-electron chi connectivity index (χ2n) is 6.68. The molecule has 0 saturated carbocycles. The highest BCUT2D eigenvalue weighted by molar-refractivity contribution is 6.09. The number of rotatable bonds is 8. The van der Waals surface area contributed by atoms with Crippen LogP contribution in [-0.2, 0) is 0 Å². The molecule has 2 atom stereocenters. The Labute approximate surface area is 176 Å². The lowest BCUT2D eigenvalue weighted by atomic mass is 9.89. The molecule has 1 heterocycles. The van der Waals surface area contributed by atoms with Crippen LogP contribution in [-0.4, -0.2) is 18.1 Å². The zero-order chi connectivity index (χ0) is 20.6. The van der Waals surface area contributed by atoms with E-state index in [1.165, 1.54) is 0 Å². The zero-order valence-corrected chi connectivity index (χ0v) is 17.1. The van der Waals surface area contributed by atoms with Crippen LogP contribution in [0.3, 0.4) is 0 Å². The summed E-state index contributed by atoms with van der Waals surface area (Å²) in [6.07, 6.45) is 14.5. The summed E-state index contributed by atoms with van der Waals surface area (Å²) in [5.41, 5.74) is 11.3. The van der Waals surface area contributed by atoms with E-state index in [0.29, 0.717) is 5.75 Å². The molecule has 5 nitrogen and oxygen atoms in total. The number of anilines is 2. The van der Waals surface area contributed by atoms with E-state index < -0.39 is 0 Å². The summed E-state index contributed by atoms with van der Waals surface area (Å²) < 4.78 is 4.79. The Kier molecular flexibility index (Phi) is 7.11. The molecule has 6 heteroatoms. The number of halogens is 1. The van der Waals surface area contributed by atoms with Crippen molar-refractivity contribution in [1.82, 2.24) is 4.98 Å². The van der Waals surface area contributed by atoms with Crippen molar-refractivity contribution < 1.29 is 4.29 Å². The Morgan fingerprint density at radius 2 is 2.10 bits per heavy atom. The number of nitrogens with two attached hydrogens (primary N) is 1. The maximum atomic E-state index is 6.66. The van der Waals surface area contributed by atoms with E-state index in [-0.39, 0.29) is 12.1 Å². The van der Waals surface area contributed by atoms with Gasteiger partial charge in [-0.05, 0) is 29.2 Å². The highest BCUT2D eigenvalue weighted by Gasteiger charge is 2.24. The predicted molar refractivity (Wildman–Crippen MR) is 121 cm³/mol. The van der Waals surface area contributed by atoms with Gasteiger partial charge in [0, 0.05) is 18.8 Å². The van der Waals surface area contributed by atoms with Gasteiger partial charge < -0.3 is 20.7 Å². The molecule has 0 aliphatic heterocycles. The zero-order valence-electron chi connectivity index (χ0n) is 16.3. The maximum absolute atomic E-state index is 6.66. The van der Waals surface area contributed by atoms with Gasteiger partial charge in [-0.1, -0.05) is 55.2 Å². The molecule has 0 amide bonds. The van der Waals surface area contributed by atoms with Crippen molar-refractivity contribution >= 4 is 23.2 Å². The van der Waals surface area contributed by atoms with Gasteiger partial charge in [0.2, 0.25) is 0 Å². The van der Waals surface area contributed by atoms with E-state index in [2.05, 4.69) is 40.4 Å². The minimum absolute atomic E-state index is 0.224. The number of nitrogens with zero attached hydrogens (tertiary/aromatic N) is 1. The molecule has 1 aromatic carbocycles. The number of nitrogens with one attached hydrogen (secondary N) is 2. The van der Waals surface area contributed by atoms with Crippen LogP contribution < -0.4 is 20.7 Å². The first-order valence-corrected chi connectivity index (χ1v) is 9.69. The molecule has 4 N–H and O–H groups in total. The minimum atomic E-state index is -0.373. The molecule has 0 fully saturated rings. The molecule has 3 rings (SSSR count). The van der Waals surface area contributed by atoms with Crippen molar-refractivity contribution in [2.45, 2.75) is 18.5 Å². The molecule has 1 aromatic heterocycles. The first-order valence-electron chi connectivity index (χ1n) is 9.38. The average Bonchev–Trinajstić information content (AvgIpc) is 3.06.